The monoisotopic (exact) mass is 262 g/mol. The van der Waals surface area contributed by atoms with Gasteiger partial charge in [-0.3, -0.25) is 4.90 Å². The molecule has 1 heterocycles. The number of fused-ring (bicyclic) bond motifs is 1. The molecule has 3 heteroatoms. The lowest BCUT2D eigenvalue weighted by atomic mass is 9.78. The third-order valence-electron chi connectivity index (χ3n) is 4.87. The van der Waals surface area contributed by atoms with Crippen LogP contribution in [0.4, 0.5) is 10.1 Å². The van der Waals surface area contributed by atoms with Crippen molar-refractivity contribution in [2.45, 2.75) is 51.1 Å². The van der Waals surface area contributed by atoms with Gasteiger partial charge in [0.15, 0.2) is 0 Å². The summed E-state index contributed by atoms with van der Waals surface area (Å²) in [6, 6.07) is 5.67. The van der Waals surface area contributed by atoms with Gasteiger partial charge in [0, 0.05) is 23.8 Å². The van der Waals surface area contributed by atoms with Crippen LogP contribution in [0.5, 0.6) is 0 Å². The van der Waals surface area contributed by atoms with E-state index in [2.05, 4.69) is 4.90 Å². The molecule has 0 spiro atoms. The normalized spacial score (nSPS) is 28.1. The Labute approximate surface area is 114 Å². The van der Waals surface area contributed by atoms with Crippen LogP contribution in [0.2, 0.25) is 0 Å². The van der Waals surface area contributed by atoms with E-state index in [0.29, 0.717) is 23.8 Å². The number of nitrogens with zero attached hydrogens (tertiary/aromatic N) is 1. The predicted molar refractivity (Wildman–Crippen MR) is 76.2 cm³/mol. The van der Waals surface area contributed by atoms with Gasteiger partial charge in [-0.05, 0) is 50.3 Å². The molecule has 1 aromatic rings. The van der Waals surface area contributed by atoms with Crippen LogP contribution in [0, 0.1) is 11.7 Å². The van der Waals surface area contributed by atoms with Gasteiger partial charge in [-0.15, -0.1) is 0 Å². The summed E-state index contributed by atoms with van der Waals surface area (Å²) in [4.78, 5) is 2.47. The molecule has 0 amide bonds. The molecule has 1 aliphatic carbocycles. The highest BCUT2D eigenvalue weighted by Crippen LogP contribution is 2.36. The van der Waals surface area contributed by atoms with Crippen molar-refractivity contribution in [3.63, 3.8) is 0 Å². The fourth-order valence-electron chi connectivity index (χ4n) is 3.87. The molecule has 2 aliphatic rings. The van der Waals surface area contributed by atoms with Crippen LogP contribution in [0.3, 0.4) is 0 Å². The molecule has 2 nitrogen and oxygen atoms in total. The average molecular weight is 262 g/mol. The molecule has 0 radical (unpaired) electrons. The van der Waals surface area contributed by atoms with E-state index < -0.39 is 0 Å². The number of piperidine rings is 1. The van der Waals surface area contributed by atoms with E-state index in [9.17, 15) is 4.39 Å². The minimum Gasteiger partial charge on any atom is -0.398 e. The van der Waals surface area contributed by atoms with Gasteiger partial charge < -0.3 is 5.73 Å². The summed E-state index contributed by atoms with van der Waals surface area (Å²) < 4.78 is 13.9. The largest absolute Gasteiger partial charge is 0.398 e. The molecule has 1 aliphatic heterocycles. The van der Waals surface area contributed by atoms with Crippen molar-refractivity contribution >= 4 is 5.69 Å². The molecule has 1 aromatic carbocycles. The van der Waals surface area contributed by atoms with Crippen LogP contribution in [-0.4, -0.2) is 17.5 Å². The van der Waals surface area contributed by atoms with Gasteiger partial charge >= 0.3 is 0 Å². The second-order valence-electron chi connectivity index (χ2n) is 6.03. The van der Waals surface area contributed by atoms with Gasteiger partial charge in [0.25, 0.3) is 0 Å². The molecule has 1 saturated heterocycles. The van der Waals surface area contributed by atoms with E-state index in [1.54, 1.807) is 12.1 Å². The summed E-state index contributed by atoms with van der Waals surface area (Å²) in [5, 5.41) is 0. The molecular formula is C16H23FN2. The van der Waals surface area contributed by atoms with E-state index >= 15 is 0 Å². The standard InChI is InChI=1S/C16H23FN2/c17-14-7-3-8-15(18)13(14)11-19-10-4-6-12-5-1-2-9-16(12)19/h3,7-8,12,16H,1-2,4-6,9-11,18H2/t12-,16-/m1/s1. The summed E-state index contributed by atoms with van der Waals surface area (Å²) in [7, 11) is 0. The molecular weight excluding hydrogens is 239 g/mol. The molecule has 0 bridgehead atoms. The van der Waals surface area contributed by atoms with Crippen LogP contribution >= 0.6 is 0 Å². The number of nitrogens with two attached hydrogens (primary N) is 1. The zero-order valence-corrected chi connectivity index (χ0v) is 11.4. The van der Waals surface area contributed by atoms with E-state index in [1.165, 1.54) is 44.6 Å². The molecule has 1 saturated carbocycles. The molecule has 2 fully saturated rings. The summed E-state index contributed by atoms with van der Waals surface area (Å²) >= 11 is 0. The maximum Gasteiger partial charge on any atom is 0.129 e. The van der Waals surface area contributed by atoms with Crippen molar-refractivity contribution < 1.29 is 4.39 Å². The van der Waals surface area contributed by atoms with Gasteiger partial charge in [-0.1, -0.05) is 18.9 Å². The van der Waals surface area contributed by atoms with Crippen molar-refractivity contribution in [3.05, 3.63) is 29.6 Å². The lowest BCUT2D eigenvalue weighted by molar-refractivity contribution is 0.0540. The zero-order chi connectivity index (χ0) is 13.2. The lowest BCUT2D eigenvalue weighted by Gasteiger charge is -2.44. The Balaban J connectivity index is 1.78. The number of anilines is 1. The van der Waals surface area contributed by atoms with Gasteiger partial charge in [0.05, 0.1) is 0 Å². The Bertz CT molecular complexity index is 424. The Kier molecular flexibility index (Phi) is 3.74. The van der Waals surface area contributed by atoms with E-state index in [-0.39, 0.29) is 5.82 Å². The maximum absolute atomic E-state index is 13.9. The quantitative estimate of drug-likeness (QED) is 0.826. The Hall–Kier alpha value is -1.09. The van der Waals surface area contributed by atoms with Gasteiger partial charge in [-0.2, -0.15) is 0 Å². The van der Waals surface area contributed by atoms with Crippen LogP contribution in [0.1, 0.15) is 44.1 Å². The third-order valence-corrected chi connectivity index (χ3v) is 4.87. The van der Waals surface area contributed by atoms with Crippen LogP contribution in [-0.2, 0) is 6.54 Å². The molecule has 19 heavy (non-hydrogen) atoms. The highest BCUT2D eigenvalue weighted by Gasteiger charge is 2.33. The van der Waals surface area contributed by atoms with Crippen molar-refractivity contribution in [1.82, 2.24) is 4.90 Å². The Morgan fingerprint density at radius 1 is 1.16 bits per heavy atom. The Morgan fingerprint density at radius 3 is 2.79 bits per heavy atom. The maximum atomic E-state index is 13.9. The van der Waals surface area contributed by atoms with Crippen molar-refractivity contribution in [1.29, 1.82) is 0 Å². The van der Waals surface area contributed by atoms with E-state index in [1.807, 2.05) is 0 Å². The molecule has 3 rings (SSSR count). The minimum absolute atomic E-state index is 0.155. The highest BCUT2D eigenvalue weighted by atomic mass is 19.1. The minimum atomic E-state index is -0.155. The Morgan fingerprint density at radius 2 is 1.95 bits per heavy atom. The number of hydrogen-bond donors (Lipinski definition) is 1. The highest BCUT2D eigenvalue weighted by molar-refractivity contribution is 5.47. The topological polar surface area (TPSA) is 29.3 Å². The third kappa shape index (κ3) is 2.62. The fraction of sp³-hybridized carbons (Fsp3) is 0.625. The molecule has 2 atom stereocenters. The number of benzene rings is 1. The molecule has 2 N–H and O–H groups in total. The lowest BCUT2D eigenvalue weighted by Crippen LogP contribution is -2.46. The number of nitrogen functional groups attached to an aromatic ring is 1. The van der Waals surface area contributed by atoms with Gasteiger partial charge in [0.1, 0.15) is 5.82 Å². The molecule has 0 aromatic heterocycles. The molecule has 0 unspecified atom stereocenters. The van der Waals surface area contributed by atoms with Gasteiger partial charge in [-0.25, -0.2) is 4.39 Å². The predicted octanol–water partition coefficient (Wildman–Crippen LogP) is 3.56. The van der Waals surface area contributed by atoms with Crippen molar-refractivity contribution in [2.24, 2.45) is 5.92 Å². The number of halogens is 1. The van der Waals surface area contributed by atoms with E-state index in [4.69, 9.17) is 5.73 Å². The smallest absolute Gasteiger partial charge is 0.129 e. The van der Waals surface area contributed by atoms with Crippen LogP contribution in [0.15, 0.2) is 18.2 Å². The SMILES string of the molecule is Nc1cccc(F)c1CN1CCC[C@H]2CCCC[C@H]21. The number of rotatable bonds is 2. The van der Waals surface area contributed by atoms with Crippen molar-refractivity contribution in [3.8, 4) is 0 Å². The second kappa shape index (κ2) is 5.49. The first-order chi connectivity index (χ1) is 9.25. The summed E-state index contributed by atoms with van der Waals surface area (Å²) in [5.41, 5.74) is 7.22. The summed E-state index contributed by atoms with van der Waals surface area (Å²) in [6.45, 7) is 1.77. The summed E-state index contributed by atoms with van der Waals surface area (Å²) in [5.74, 6) is 0.674. The first kappa shape index (κ1) is 12.9. The van der Waals surface area contributed by atoms with Crippen LogP contribution in [0.25, 0.3) is 0 Å². The first-order valence-electron chi connectivity index (χ1n) is 7.52. The second-order valence-corrected chi connectivity index (χ2v) is 6.03. The number of likely N-dealkylation sites (tertiary alicyclic amines) is 1. The molecule has 104 valence electrons. The number of hydrogen-bond acceptors (Lipinski definition) is 2. The van der Waals surface area contributed by atoms with Crippen molar-refractivity contribution in [2.75, 3.05) is 12.3 Å². The van der Waals surface area contributed by atoms with E-state index in [0.717, 1.165) is 12.5 Å². The average Bonchev–Trinajstić information content (AvgIpc) is 2.43. The van der Waals surface area contributed by atoms with Gasteiger partial charge in [0.2, 0.25) is 0 Å². The first-order valence-corrected chi connectivity index (χ1v) is 7.52. The fourth-order valence-corrected chi connectivity index (χ4v) is 3.87. The zero-order valence-electron chi connectivity index (χ0n) is 11.4. The van der Waals surface area contributed by atoms with Crippen LogP contribution < -0.4 is 5.73 Å². The summed E-state index contributed by atoms with van der Waals surface area (Å²) in [6.07, 6.45) is 7.93.